The third-order valence-electron chi connectivity index (χ3n) is 2.83. The molecule has 0 saturated carbocycles. The second-order valence-corrected chi connectivity index (χ2v) is 4.29. The smallest absolute Gasteiger partial charge is 0.140 e. The van der Waals surface area contributed by atoms with E-state index in [0.29, 0.717) is 0 Å². The molecule has 3 rings (SSSR count). The van der Waals surface area contributed by atoms with Crippen LogP contribution in [0.2, 0.25) is 5.02 Å². The summed E-state index contributed by atoms with van der Waals surface area (Å²) >= 11 is 5.89. The van der Waals surface area contributed by atoms with Gasteiger partial charge in [-0.15, -0.1) is 0 Å². The number of hydrogen-bond acceptors (Lipinski definition) is 1. The summed E-state index contributed by atoms with van der Waals surface area (Å²) in [5.74, 6) is 1.05. The molecule has 0 spiro atoms. The maximum Gasteiger partial charge on any atom is 0.140 e. The summed E-state index contributed by atoms with van der Waals surface area (Å²) in [5, 5.41) is 0.767. The normalized spacial score (nSPS) is 14.4. The molecule has 0 radical (unpaired) electrons. The Morgan fingerprint density at radius 2 is 2.00 bits per heavy atom. The monoisotopic (exact) mass is 230 g/mol. The molecule has 0 saturated heterocycles. The topological polar surface area (TPSA) is 17.8 Å². The Kier molecular flexibility index (Phi) is 2.29. The van der Waals surface area contributed by atoms with Crippen molar-refractivity contribution in [2.24, 2.45) is 0 Å². The van der Waals surface area contributed by atoms with E-state index in [1.807, 2.05) is 36.7 Å². The first kappa shape index (κ1) is 9.67. The summed E-state index contributed by atoms with van der Waals surface area (Å²) in [7, 11) is 0. The van der Waals surface area contributed by atoms with Crippen LogP contribution in [-0.2, 0) is 6.54 Å². The Labute approximate surface area is 99.2 Å². The Morgan fingerprint density at radius 1 is 1.19 bits per heavy atom. The minimum Gasteiger partial charge on any atom is -0.331 e. The van der Waals surface area contributed by atoms with Crippen LogP contribution in [0.3, 0.4) is 0 Å². The van der Waals surface area contributed by atoms with Crippen molar-refractivity contribution in [3.05, 3.63) is 59.1 Å². The summed E-state index contributed by atoms with van der Waals surface area (Å²) < 4.78 is 2.18. The van der Waals surface area contributed by atoms with Crippen LogP contribution in [0.4, 0.5) is 0 Å². The highest BCUT2D eigenvalue weighted by Gasteiger charge is 2.14. The van der Waals surface area contributed by atoms with Crippen molar-refractivity contribution >= 4 is 17.2 Å². The van der Waals surface area contributed by atoms with Gasteiger partial charge in [-0.2, -0.15) is 0 Å². The number of fused-ring (bicyclic) bond motifs is 1. The third kappa shape index (κ3) is 1.55. The van der Waals surface area contributed by atoms with Crippen molar-refractivity contribution in [1.29, 1.82) is 0 Å². The van der Waals surface area contributed by atoms with Gasteiger partial charge in [0.2, 0.25) is 0 Å². The van der Waals surface area contributed by atoms with Gasteiger partial charge in [-0.3, -0.25) is 0 Å². The van der Waals surface area contributed by atoms with Gasteiger partial charge in [0, 0.05) is 29.5 Å². The maximum absolute atomic E-state index is 5.89. The molecule has 0 amide bonds. The number of aromatic nitrogens is 2. The van der Waals surface area contributed by atoms with Gasteiger partial charge in [-0.25, -0.2) is 4.98 Å². The summed E-state index contributed by atoms with van der Waals surface area (Å²) in [6.07, 6.45) is 7.18. The van der Waals surface area contributed by atoms with Crippen LogP contribution in [0.15, 0.2) is 42.7 Å². The number of rotatable bonds is 1. The molecule has 16 heavy (non-hydrogen) atoms. The van der Waals surface area contributed by atoms with Gasteiger partial charge in [-0.1, -0.05) is 29.8 Å². The molecule has 0 atom stereocenters. The number of imidazole rings is 1. The molecule has 3 heteroatoms. The fourth-order valence-electron chi connectivity index (χ4n) is 2.05. The lowest BCUT2D eigenvalue weighted by atomic mass is 10.0. The molecule has 2 nitrogen and oxygen atoms in total. The maximum atomic E-state index is 5.89. The molecule has 1 aliphatic heterocycles. The van der Waals surface area contributed by atoms with Crippen LogP contribution < -0.4 is 0 Å². The molecule has 0 aliphatic carbocycles. The van der Waals surface area contributed by atoms with E-state index in [9.17, 15) is 0 Å². The fourth-order valence-corrected chi connectivity index (χ4v) is 2.18. The van der Waals surface area contributed by atoms with E-state index in [-0.39, 0.29) is 0 Å². The average molecular weight is 231 g/mol. The third-order valence-corrected chi connectivity index (χ3v) is 3.08. The SMILES string of the molecule is Clc1ccc(C2=CCCn3ccnc32)cc1. The Bertz CT molecular complexity index is 537. The summed E-state index contributed by atoms with van der Waals surface area (Å²) in [5.41, 5.74) is 2.38. The van der Waals surface area contributed by atoms with Crippen LogP contribution >= 0.6 is 11.6 Å². The number of nitrogens with zero attached hydrogens (tertiary/aromatic N) is 2. The fraction of sp³-hybridized carbons (Fsp3) is 0.154. The summed E-state index contributed by atoms with van der Waals surface area (Å²) in [6.45, 7) is 1.02. The summed E-state index contributed by atoms with van der Waals surface area (Å²) in [4.78, 5) is 4.40. The highest BCUT2D eigenvalue weighted by atomic mass is 35.5. The standard InChI is InChI=1S/C13H11ClN2/c14-11-5-3-10(4-6-11)12-2-1-8-16-9-7-15-13(12)16/h2-7,9H,1,8H2. The Morgan fingerprint density at radius 3 is 2.81 bits per heavy atom. The highest BCUT2D eigenvalue weighted by molar-refractivity contribution is 6.30. The molecule has 2 heterocycles. The van der Waals surface area contributed by atoms with E-state index in [4.69, 9.17) is 11.6 Å². The zero-order valence-corrected chi connectivity index (χ0v) is 9.48. The van der Waals surface area contributed by atoms with Gasteiger partial charge in [-0.05, 0) is 24.1 Å². The first-order chi connectivity index (χ1) is 7.84. The number of allylic oxidation sites excluding steroid dienone is 1. The number of halogens is 1. The van der Waals surface area contributed by atoms with Crippen LogP contribution in [0.25, 0.3) is 5.57 Å². The van der Waals surface area contributed by atoms with Gasteiger partial charge >= 0.3 is 0 Å². The van der Waals surface area contributed by atoms with Crippen LogP contribution in [0.5, 0.6) is 0 Å². The quantitative estimate of drug-likeness (QED) is 0.735. The molecular weight excluding hydrogens is 220 g/mol. The van der Waals surface area contributed by atoms with Crippen LogP contribution in [0.1, 0.15) is 17.8 Å². The largest absolute Gasteiger partial charge is 0.331 e. The number of hydrogen-bond donors (Lipinski definition) is 0. The predicted molar refractivity (Wildman–Crippen MR) is 65.4 cm³/mol. The van der Waals surface area contributed by atoms with Crippen LogP contribution in [0, 0.1) is 0 Å². The van der Waals surface area contributed by atoms with E-state index in [1.165, 1.54) is 11.1 Å². The molecule has 1 aromatic heterocycles. The first-order valence-corrected chi connectivity index (χ1v) is 5.70. The van der Waals surface area contributed by atoms with Crippen molar-refractivity contribution < 1.29 is 0 Å². The van der Waals surface area contributed by atoms with Crippen LogP contribution in [-0.4, -0.2) is 9.55 Å². The lowest BCUT2D eigenvalue weighted by molar-refractivity contribution is 0.684. The van der Waals surface area contributed by atoms with Gasteiger partial charge in [0.05, 0.1) is 0 Å². The lowest BCUT2D eigenvalue weighted by Gasteiger charge is -2.15. The van der Waals surface area contributed by atoms with Gasteiger partial charge < -0.3 is 4.57 Å². The first-order valence-electron chi connectivity index (χ1n) is 5.32. The molecule has 2 aromatic rings. The minimum absolute atomic E-state index is 0.767. The van der Waals surface area contributed by atoms with E-state index in [0.717, 1.165) is 23.8 Å². The van der Waals surface area contributed by atoms with Crippen molar-refractivity contribution in [3.8, 4) is 0 Å². The summed E-state index contributed by atoms with van der Waals surface area (Å²) in [6, 6.07) is 7.91. The second-order valence-electron chi connectivity index (χ2n) is 3.86. The minimum atomic E-state index is 0.767. The number of benzene rings is 1. The Hall–Kier alpha value is -1.54. The molecule has 1 aliphatic rings. The predicted octanol–water partition coefficient (Wildman–Crippen LogP) is 3.37. The average Bonchev–Trinajstić information content (AvgIpc) is 2.78. The molecular formula is C13H11ClN2. The zero-order chi connectivity index (χ0) is 11.0. The second kappa shape index (κ2) is 3.80. The van der Waals surface area contributed by atoms with Crippen molar-refractivity contribution in [2.45, 2.75) is 13.0 Å². The van der Waals surface area contributed by atoms with Gasteiger partial charge in [0.15, 0.2) is 0 Å². The van der Waals surface area contributed by atoms with Crippen molar-refractivity contribution in [3.63, 3.8) is 0 Å². The van der Waals surface area contributed by atoms with E-state index < -0.39 is 0 Å². The highest BCUT2D eigenvalue weighted by Crippen LogP contribution is 2.27. The molecule has 80 valence electrons. The van der Waals surface area contributed by atoms with Gasteiger partial charge in [0.1, 0.15) is 5.82 Å². The number of aryl methyl sites for hydroxylation is 1. The van der Waals surface area contributed by atoms with Crippen molar-refractivity contribution in [2.75, 3.05) is 0 Å². The molecule has 0 N–H and O–H groups in total. The van der Waals surface area contributed by atoms with E-state index in [1.54, 1.807) is 0 Å². The zero-order valence-electron chi connectivity index (χ0n) is 8.73. The van der Waals surface area contributed by atoms with E-state index >= 15 is 0 Å². The molecule has 0 fully saturated rings. The molecule has 1 aromatic carbocycles. The molecule has 0 bridgehead atoms. The Balaban J connectivity index is 2.08. The van der Waals surface area contributed by atoms with Gasteiger partial charge in [0.25, 0.3) is 0 Å². The van der Waals surface area contributed by atoms with Crippen molar-refractivity contribution in [1.82, 2.24) is 9.55 Å². The molecule has 0 unspecified atom stereocenters. The van der Waals surface area contributed by atoms with E-state index in [2.05, 4.69) is 15.6 Å². The lowest BCUT2D eigenvalue weighted by Crippen LogP contribution is -2.07.